The second-order valence-electron chi connectivity index (χ2n) is 10.2. The zero-order chi connectivity index (χ0) is 28.2. The van der Waals surface area contributed by atoms with Crippen molar-refractivity contribution in [3.63, 3.8) is 0 Å². The van der Waals surface area contributed by atoms with E-state index in [1.54, 1.807) is 30.0 Å². The molecular weight excluding hydrogens is 542 g/mol. The zero-order valence-corrected chi connectivity index (χ0v) is 23.8. The highest BCUT2D eigenvalue weighted by atomic mass is 35.5. The highest BCUT2D eigenvalue weighted by Crippen LogP contribution is 2.31. The number of rotatable bonds is 6. The molecule has 0 bridgehead atoms. The summed E-state index contributed by atoms with van der Waals surface area (Å²) < 4.78 is 24.4. The maximum Gasteiger partial charge on any atom is 0.255 e. The van der Waals surface area contributed by atoms with Crippen LogP contribution in [0.3, 0.4) is 0 Å². The fraction of sp³-hybridized carbons (Fsp3) is 0.481. The molecule has 2 fully saturated rings. The van der Waals surface area contributed by atoms with Gasteiger partial charge in [0.2, 0.25) is 11.8 Å². The molecule has 3 amide bonds. The van der Waals surface area contributed by atoms with Crippen LogP contribution in [0.15, 0.2) is 41.4 Å². The minimum absolute atomic E-state index is 0.00825. The number of piperidine rings is 1. The number of benzene rings is 1. The predicted molar refractivity (Wildman–Crippen MR) is 150 cm³/mol. The summed E-state index contributed by atoms with van der Waals surface area (Å²) in [6.45, 7) is 5.25. The van der Waals surface area contributed by atoms with E-state index in [2.05, 4.69) is 10.3 Å². The van der Waals surface area contributed by atoms with E-state index in [1.807, 2.05) is 9.80 Å². The molecule has 2 saturated heterocycles. The fourth-order valence-electron chi connectivity index (χ4n) is 5.02. The summed E-state index contributed by atoms with van der Waals surface area (Å²) in [4.78, 5) is 47.7. The molecule has 39 heavy (non-hydrogen) atoms. The van der Waals surface area contributed by atoms with Crippen molar-refractivity contribution in [3.05, 3.63) is 47.1 Å². The van der Waals surface area contributed by atoms with Crippen LogP contribution in [0.5, 0.6) is 0 Å². The van der Waals surface area contributed by atoms with Crippen LogP contribution in [0.4, 0.5) is 11.5 Å². The van der Waals surface area contributed by atoms with Crippen LogP contribution in [0.1, 0.15) is 43.0 Å². The number of anilines is 2. The summed E-state index contributed by atoms with van der Waals surface area (Å²) >= 11 is 6.03. The van der Waals surface area contributed by atoms with Crippen molar-refractivity contribution in [2.24, 2.45) is 5.92 Å². The molecule has 10 nitrogen and oxygen atoms in total. The quantitative estimate of drug-likeness (QED) is 0.562. The average molecular weight is 576 g/mol. The summed E-state index contributed by atoms with van der Waals surface area (Å²) in [6, 6.07) is 7.92. The Kier molecular flexibility index (Phi) is 9.12. The van der Waals surface area contributed by atoms with E-state index >= 15 is 0 Å². The van der Waals surface area contributed by atoms with Gasteiger partial charge >= 0.3 is 0 Å². The van der Waals surface area contributed by atoms with Gasteiger partial charge in [-0.1, -0.05) is 17.7 Å². The smallest absolute Gasteiger partial charge is 0.255 e. The Morgan fingerprint density at radius 3 is 2.38 bits per heavy atom. The highest BCUT2D eigenvalue weighted by Gasteiger charge is 2.28. The summed E-state index contributed by atoms with van der Waals surface area (Å²) in [5, 5.41) is 3.23. The third-order valence-electron chi connectivity index (χ3n) is 7.28. The van der Waals surface area contributed by atoms with E-state index in [4.69, 9.17) is 11.6 Å². The van der Waals surface area contributed by atoms with Gasteiger partial charge in [0.05, 0.1) is 10.6 Å². The number of carbonyl (C=O) groups excluding carboxylic acids is 3. The lowest BCUT2D eigenvalue weighted by Gasteiger charge is -2.34. The molecule has 1 aromatic heterocycles. The van der Waals surface area contributed by atoms with E-state index in [0.29, 0.717) is 67.8 Å². The molecule has 2 aliphatic heterocycles. The first-order chi connectivity index (χ1) is 18.5. The molecule has 1 N–H and O–H groups in total. The van der Waals surface area contributed by atoms with Crippen molar-refractivity contribution >= 4 is 50.7 Å². The van der Waals surface area contributed by atoms with Gasteiger partial charge < -0.3 is 20.0 Å². The molecule has 2 aliphatic rings. The van der Waals surface area contributed by atoms with Crippen LogP contribution in [0.25, 0.3) is 0 Å². The van der Waals surface area contributed by atoms with Crippen molar-refractivity contribution in [2.45, 2.75) is 37.5 Å². The van der Waals surface area contributed by atoms with Gasteiger partial charge in [-0.3, -0.25) is 14.4 Å². The van der Waals surface area contributed by atoms with Crippen LogP contribution in [-0.4, -0.2) is 86.4 Å². The normalized spacial score (nSPS) is 17.1. The molecule has 4 rings (SSSR count). The van der Waals surface area contributed by atoms with Crippen molar-refractivity contribution in [3.8, 4) is 0 Å². The van der Waals surface area contributed by atoms with Crippen LogP contribution < -0.4 is 10.2 Å². The maximum absolute atomic E-state index is 13.0. The topological polar surface area (TPSA) is 120 Å². The first-order valence-electron chi connectivity index (χ1n) is 13.1. The Balaban J connectivity index is 1.42. The minimum atomic E-state index is -3.54. The summed E-state index contributed by atoms with van der Waals surface area (Å²) in [5.41, 5.74) is 0.646. The highest BCUT2D eigenvalue weighted by molar-refractivity contribution is 7.90. The molecule has 0 aliphatic carbocycles. The Hall–Kier alpha value is -3.18. The Morgan fingerprint density at radius 1 is 1.03 bits per heavy atom. The van der Waals surface area contributed by atoms with Gasteiger partial charge in [0.25, 0.3) is 5.91 Å². The standard InChI is InChI=1S/C27H34ClN5O5S/c1-19(34)31-9-4-10-32(14-13-31)25(35)15-20-7-11-33(12-8-20)26-24(17-23(18-29-26)39(2,37)38)30-27(36)21-5-3-6-22(28)16-21/h3,5-6,16-18,20H,4,7-15H2,1-2H3,(H,30,36). The molecule has 0 saturated carbocycles. The molecule has 0 spiro atoms. The SMILES string of the molecule is CC(=O)N1CCCN(C(=O)CC2CCN(c3ncc(S(C)(=O)=O)cc3NC(=O)c3cccc(Cl)c3)CC2)CC1. The molecule has 1 aromatic carbocycles. The lowest BCUT2D eigenvalue weighted by atomic mass is 9.93. The summed E-state index contributed by atoms with van der Waals surface area (Å²) in [7, 11) is -3.54. The molecule has 210 valence electrons. The number of carbonyl (C=O) groups is 3. The van der Waals surface area contributed by atoms with Crippen molar-refractivity contribution in [1.29, 1.82) is 0 Å². The number of sulfone groups is 1. The number of halogens is 1. The summed E-state index contributed by atoms with van der Waals surface area (Å²) in [5.74, 6) is 0.425. The molecule has 2 aromatic rings. The number of pyridine rings is 1. The molecular formula is C27H34ClN5O5S. The zero-order valence-electron chi connectivity index (χ0n) is 22.2. The van der Waals surface area contributed by atoms with Gasteiger partial charge in [0.1, 0.15) is 0 Å². The van der Waals surface area contributed by atoms with E-state index in [1.165, 1.54) is 18.3 Å². The first kappa shape index (κ1) is 28.8. The van der Waals surface area contributed by atoms with Crippen molar-refractivity contribution in [2.75, 3.05) is 55.7 Å². The first-order valence-corrected chi connectivity index (χ1v) is 15.3. The van der Waals surface area contributed by atoms with Crippen LogP contribution in [0, 0.1) is 5.92 Å². The number of hydrogen-bond acceptors (Lipinski definition) is 7. The van der Waals surface area contributed by atoms with Crippen LogP contribution in [0.2, 0.25) is 5.02 Å². The Bertz CT molecular complexity index is 1340. The second kappa shape index (κ2) is 12.3. The van der Waals surface area contributed by atoms with E-state index in [-0.39, 0.29) is 22.6 Å². The average Bonchev–Trinajstić information content (AvgIpc) is 3.15. The lowest BCUT2D eigenvalue weighted by molar-refractivity contribution is -0.133. The lowest BCUT2D eigenvalue weighted by Crippen LogP contribution is -2.39. The molecule has 0 atom stereocenters. The molecule has 0 radical (unpaired) electrons. The van der Waals surface area contributed by atoms with Gasteiger partial charge in [0, 0.05) is 75.7 Å². The number of amides is 3. The molecule has 0 unspecified atom stereocenters. The third kappa shape index (κ3) is 7.48. The maximum atomic E-state index is 13.0. The Labute approximate surface area is 234 Å². The Morgan fingerprint density at radius 2 is 1.72 bits per heavy atom. The van der Waals surface area contributed by atoms with Crippen molar-refractivity contribution in [1.82, 2.24) is 14.8 Å². The van der Waals surface area contributed by atoms with E-state index < -0.39 is 15.7 Å². The van der Waals surface area contributed by atoms with Crippen LogP contribution in [-0.2, 0) is 19.4 Å². The molecule has 12 heteroatoms. The largest absolute Gasteiger partial charge is 0.355 e. The molecule has 3 heterocycles. The minimum Gasteiger partial charge on any atom is -0.355 e. The monoisotopic (exact) mass is 575 g/mol. The predicted octanol–water partition coefficient (Wildman–Crippen LogP) is 3.08. The second-order valence-corrected chi connectivity index (χ2v) is 12.6. The van der Waals surface area contributed by atoms with Gasteiger partial charge in [-0.25, -0.2) is 13.4 Å². The third-order valence-corrected chi connectivity index (χ3v) is 8.59. The van der Waals surface area contributed by atoms with E-state index in [9.17, 15) is 22.8 Å². The van der Waals surface area contributed by atoms with Gasteiger partial charge in [-0.2, -0.15) is 0 Å². The fourth-order valence-corrected chi connectivity index (χ4v) is 5.78. The number of aromatic nitrogens is 1. The number of nitrogens with one attached hydrogen (secondary N) is 1. The number of hydrogen-bond donors (Lipinski definition) is 1. The van der Waals surface area contributed by atoms with Gasteiger partial charge in [0.15, 0.2) is 15.7 Å². The summed E-state index contributed by atoms with van der Waals surface area (Å²) in [6.07, 6.45) is 5.15. The van der Waals surface area contributed by atoms with Crippen LogP contribution >= 0.6 is 11.6 Å². The van der Waals surface area contributed by atoms with Gasteiger partial charge in [-0.05, 0) is 49.4 Å². The number of nitrogens with zero attached hydrogens (tertiary/aromatic N) is 4. The van der Waals surface area contributed by atoms with E-state index in [0.717, 1.165) is 25.5 Å². The van der Waals surface area contributed by atoms with Crippen molar-refractivity contribution < 1.29 is 22.8 Å². The van der Waals surface area contributed by atoms with Gasteiger partial charge in [-0.15, -0.1) is 0 Å².